The summed E-state index contributed by atoms with van der Waals surface area (Å²) in [5.74, 6) is 3.96. The fourth-order valence-electron chi connectivity index (χ4n) is 3.10. The van der Waals surface area contributed by atoms with E-state index in [-0.39, 0.29) is 25.6 Å². The molecule has 0 aliphatic heterocycles. The molecule has 0 saturated heterocycles. The number of carbonyl (C=O) groups excluding carboxylic acids is 6. The maximum absolute atomic E-state index is 12.5. The molecule has 17 heteroatoms. The monoisotopic (exact) mass is 712 g/mol. The number of ether oxygens (including phenoxy) is 1. The van der Waals surface area contributed by atoms with Crippen LogP contribution in [0, 0.1) is 5.92 Å². The second-order valence-corrected chi connectivity index (χ2v) is 10.4. The smallest absolute Gasteiger partial charge is 0.409 e. The fourth-order valence-corrected chi connectivity index (χ4v) is 3.10. The first-order chi connectivity index (χ1) is 23.6. The minimum absolute atomic E-state index is 0.104. The zero-order chi connectivity index (χ0) is 39.7. The summed E-state index contributed by atoms with van der Waals surface area (Å²) in [7, 11) is 7.03. The zero-order valence-corrected chi connectivity index (χ0v) is 31.7. The van der Waals surface area contributed by atoms with Crippen LogP contribution in [0.25, 0.3) is 0 Å². The molecule has 1 atom stereocenters. The Morgan fingerprint density at radius 2 is 1.50 bits per heavy atom. The van der Waals surface area contributed by atoms with Gasteiger partial charge >= 0.3 is 12.1 Å². The number of aldehydes is 1. The molecule has 17 nitrogen and oxygen atoms in total. The summed E-state index contributed by atoms with van der Waals surface area (Å²) < 4.78 is 5.29. The summed E-state index contributed by atoms with van der Waals surface area (Å²) >= 11 is 0. The number of amides is 6. The molecule has 0 aromatic heterocycles. The average Bonchev–Trinajstić information content (AvgIpc) is 3.09. The molecule has 6 amide bonds. The standard InChI is InChI=1S/C24H39N7O5.C4H10N2O.C2H4O.C2H6.CH5N/c1-7-31(25)15-21(33)28-22(17(2)3)23(34)26-14-20(32)27-19-10-8-18(9-11-19)16-36-24(35)30(6)13-12-29(4)5;1-2-3-6-4(5)7;1-2-3;2*1-2/h7-11,17,22H,1,12-16,25H2,2-6H3,(H,26,34)(H,27,32)(H,28,33);2-3H2,1H3,(H3,5,6,7);2H,1H3;1-2H3;2H2,1H3. The fraction of sp³-hybridized carbons (Fsp3) is 0.576. The Balaban J connectivity index is -0.000000643. The van der Waals surface area contributed by atoms with Gasteiger partial charge in [0.2, 0.25) is 17.7 Å². The van der Waals surface area contributed by atoms with E-state index < -0.39 is 35.9 Å². The SMILES string of the molecule is C=CN(N)CC(=O)NC(C(=O)NCC(=O)Nc1ccc(COC(=O)N(C)CCN(C)C)cc1)C(C)C.CC.CC=O.CCCNC(N)=O.CN. The second-order valence-electron chi connectivity index (χ2n) is 10.4. The van der Waals surface area contributed by atoms with E-state index in [9.17, 15) is 24.0 Å². The number of nitrogens with two attached hydrogens (primary N) is 3. The number of hydrazine groups is 1. The maximum atomic E-state index is 12.5. The van der Waals surface area contributed by atoms with Crippen molar-refractivity contribution in [3.8, 4) is 0 Å². The molecule has 0 bridgehead atoms. The molecule has 50 heavy (non-hydrogen) atoms. The van der Waals surface area contributed by atoms with E-state index in [1.807, 2.05) is 39.8 Å². The first kappa shape index (κ1) is 52.1. The third kappa shape index (κ3) is 30.6. The van der Waals surface area contributed by atoms with Crippen molar-refractivity contribution in [2.45, 2.75) is 60.6 Å². The lowest BCUT2D eigenvalue weighted by Crippen LogP contribution is -2.53. The third-order valence-electron chi connectivity index (χ3n) is 5.59. The Labute approximate surface area is 298 Å². The van der Waals surface area contributed by atoms with Gasteiger partial charge in [-0.25, -0.2) is 15.4 Å². The Morgan fingerprint density at radius 3 is 1.92 bits per heavy atom. The highest BCUT2D eigenvalue weighted by Crippen LogP contribution is 2.11. The second kappa shape index (κ2) is 34.1. The number of urea groups is 1. The molecule has 1 unspecified atom stereocenters. The van der Waals surface area contributed by atoms with Crippen LogP contribution in [-0.4, -0.2) is 118 Å². The molecular formula is C33H64N10O7. The van der Waals surface area contributed by atoms with Crippen LogP contribution in [0.4, 0.5) is 15.3 Å². The number of primary amides is 1. The van der Waals surface area contributed by atoms with Crippen molar-refractivity contribution >= 4 is 41.8 Å². The van der Waals surface area contributed by atoms with Gasteiger partial charge in [-0.1, -0.05) is 53.3 Å². The molecule has 0 heterocycles. The molecule has 288 valence electrons. The van der Waals surface area contributed by atoms with Gasteiger partial charge in [0, 0.05) is 38.6 Å². The van der Waals surface area contributed by atoms with Crippen molar-refractivity contribution in [1.82, 2.24) is 30.8 Å². The number of anilines is 1. The number of likely N-dealkylation sites (N-methyl/N-ethyl adjacent to an activating group) is 2. The quantitative estimate of drug-likeness (QED) is 0.0729. The predicted molar refractivity (Wildman–Crippen MR) is 198 cm³/mol. The number of rotatable bonds is 16. The Kier molecular flexibility index (Phi) is 35.6. The minimum Gasteiger partial charge on any atom is -0.445 e. The lowest BCUT2D eigenvalue weighted by Gasteiger charge is -2.22. The van der Waals surface area contributed by atoms with E-state index in [1.54, 1.807) is 45.2 Å². The maximum Gasteiger partial charge on any atom is 0.409 e. The molecule has 0 aliphatic carbocycles. The van der Waals surface area contributed by atoms with Crippen molar-refractivity contribution in [1.29, 1.82) is 0 Å². The van der Waals surface area contributed by atoms with Gasteiger partial charge in [-0.3, -0.25) is 14.4 Å². The molecule has 0 aliphatic rings. The number of nitrogens with zero attached hydrogens (tertiary/aromatic N) is 3. The Morgan fingerprint density at radius 1 is 0.960 bits per heavy atom. The summed E-state index contributed by atoms with van der Waals surface area (Å²) in [6.45, 7) is 16.1. The van der Waals surface area contributed by atoms with Crippen molar-refractivity contribution in [2.75, 3.05) is 66.2 Å². The van der Waals surface area contributed by atoms with E-state index in [4.69, 9.17) is 21.1 Å². The number of hydrogen-bond acceptors (Lipinski definition) is 11. The van der Waals surface area contributed by atoms with Gasteiger partial charge in [0.05, 0.1) is 6.54 Å². The van der Waals surface area contributed by atoms with Gasteiger partial charge in [0.1, 0.15) is 25.5 Å². The predicted octanol–water partition coefficient (Wildman–Crippen LogP) is 1.20. The molecule has 0 fully saturated rings. The van der Waals surface area contributed by atoms with Crippen LogP contribution in [0.2, 0.25) is 0 Å². The van der Waals surface area contributed by atoms with E-state index in [1.165, 1.54) is 25.1 Å². The highest BCUT2D eigenvalue weighted by Gasteiger charge is 2.24. The molecule has 1 aromatic carbocycles. The van der Waals surface area contributed by atoms with Crippen LogP contribution in [0.3, 0.4) is 0 Å². The van der Waals surface area contributed by atoms with E-state index in [0.717, 1.165) is 29.8 Å². The Hall–Kier alpha value is -4.74. The van der Waals surface area contributed by atoms with E-state index in [0.29, 0.717) is 18.8 Å². The largest absolute Gasteiger partial charge is 0.445 e. The Bertz CT molecular complexity index is 1090. The average molecular weight is 713 g/mol. The van der Waals surface area contributed by atoms with Crippen LogP contribution in [0.1, 0.15) is 53.5 Å². The van der Waals surface area contributed by atoms with Crippen LogP contribution >= 0.6 is 0 Å². The topological polar surface area (TPSA) is 248 Å². The van der Waals surface area contributed by atoms with Crippen LogP contribution < -0.4 is 38.6 Å². The molecule has 1 rings (SSSR count). The van der Waals surface area contributed by atoms with Crippen LogP contribution in [0.5, 0.6) is 0 Å². The van der Waals surface area contributed by atoms with E-state index in [2.05, 4.69) is 33.6 Å². The van der Waals surface area contributed by atoms with Gasteiger partial charge < -0.3 is 57.1 Å². The minimum atomic E-state index is -0.826. The van der Waals surface area contributed by atoms with Gasteiger partial charge in [0.15, 0.2) is 0 Å². The number of benzene rings is 1. The van der Waals surface area contributed by atoms with Crippen LogP contribution in [0.15, 0.2) is 37.0 Å². The lowest BCUT2D eigenvalue weighted by atomic mass is 10.0. The van der Waals surface area contributed by atoms with Crippen molar-refractivity contribution in [3.63, 3.8) is 0 Å². The molecule has 0 radical (unpaired) electrons. The van der Waals surface area contributed by atoms with Crippen molar-refractivity contribution < 1.29 is 33.5 Å². The molecule has 10 N–H and O–H groups in total. The van der Waals surface area contributed by atoms with E-state index >= 15 is 0 Å². The third-order valence-corrected chi connectivity index (χ3v) is 5.59. The van der Waals surface area contributed by atoms with Crippen LogP contribution in [-0.2, 0) is 30.5 Å². The summed E-state index contributed by atoms with van der Waals surface area (Å²) in [6, 6.07) is 5.54. The number of carbonyl (C=O) groups is 6. The van der Waals surface area contributed by atoms with Gasteiger partial charge in [-0.2, -0.15) is 0 Å². The number of hydrogen-bond donors (Lipinski definition) is 7. The molecule has 0 spiro atoms. The highest BCUT2D eigenvalue weighted by atomic mass is 16.6. The first-order valence-electron chi connectivity index (χ1n) is 16.2. The van der Waals surface area contributed by atoms with Gasteiger partial charge in [0.25, 0.3) is 0 Å². The first-order valence-corrected chi connectivity index (χ1v) is 16.2. The summed E-state index contributed by atoms with van der Waals surface area (Å²) in [5, 5.41) is 11.4. The summed E-state index contributed by atoms with van der Waals surface area (Å²) in [6.07, 6.45) is 2.56. The van der Waals surface area contributed by atoms with Crippen molar-refractivity contribution in [2.24, 2.45) is 23.2 Å². The van der Waals surface area contributed by atoms with Crippen molar-refractivity contribution in [3.05, 3.63) is 42.6 Å². The summed E-state index contributed by atoms with van der Waals surface area (Å²) in [4.78, 5) is 71.0. The normalized spacial score (nSPS) is 9.88. The lowest BCUT2D eigenvalue weighted by molar-refractivity contribution is -0.131. The van der Waals surface area contributed by atoms with Gasteiger partial charge in [-0.05, 0) is 58.1 Å². The number of nitrogens with one attached hydrogen (secondary N) is 4. The zero-order valence-electron chi connectivity index (χ0n) is 31.7. The highest BCUT2D eigenvalue weighted by molar-refractivity contribution is 5.96. The van der Waals surface area contributed by atoms with Gasteiger partial charge in [-0.15, -0.1) is 0 Å². The molecular weight excluding hydrogens is 648 g/mol. The summed E-state index contributed by atoms with van der Waals surface area (Å²) in [5.41, 5.74) is 10.5. The molecule has 1 aromatic rings. The molecule has 0 saturated carbocycles.